The van der Waals surface area contributed by atoms with Crippen LogP contribution in [0.2, 0.25) is 5.02 Å². The van der Waals surface area contributed by atoms with E-state index in [1.165, 1.54) is 23.1 Å². The lowest BCUT2D eigenvalue weighted by atomic mass is 10.2. The lowest BCUT2D eigenvalue weighted by Gasteiger charge is -2.17. The van der Waals surface area contributed by atoms with E-state index in [0.717, 1.165) is 0 Å². The van der Waals surface area contributed by atoms with Crippen LogP contribution in [0.15, 0.2) is 36.5 Å². The van der Waals surface area contributed by atoms with E-state index >= 15 is 0 Å². The number of benzene rings is 1. The maximum Gasteiger partial charge on any atom is 0.268 e. The molecule has 1 aromatic carbocycles. The molecular weight excluding hydrogens is 309 g/mol. The first-order valence-corrected chi connectivity index (χ1v) is 7.15. The molecule has 1 atom stereocenters. The smallest absolute Gasteiger partial charge is 0.268 e. The Morgan fingerprint density at radius 1 is 1.41 bits per heavy atom. The summed E-state index contributed by atoms with van der Waals surface area (Å²) in [7, 11) is 0. The number of amides is 2. The van der Waals surface area contributed by atoms with Crippen molar-refractivity contribution in [3.63, 3.8) is 0 Å². The lowest BCUT2D eigenvalue weighted by Crippen LogP contribution is -2.41. The van der Waals surface area contributed by atoms with Crippen LogP contribution in [-0.4, -0.2) is 29.4 Å². The topological polar surface area (TPSA) is 65.2 Å². The van der Waals surface area contributed by atoms with Crippen LogP contribution >= 0.6 is 11.6 Å². The molecule has 2 heterocycles. The molecule has 0 saturated carbocycles. The summed E-state index contributed by atoms with van der Waals surface area (Å²) in [5.41, 5.74) is 0.920. The average Bonchev–Trinajstić information content (AvgIpc) is 3.13. The van der Waals surface area contributed by atoms with Crippen LogP contribution < -0.4 is 10.2 Å². The summed E-state index contributed by atoms with van der Waals surface area (Å²) >= 11 is 5.74. The number of carbonyl (C=O) groups is 2. The molecule has 2 N–H and O–H groups in total. The fraction of sp³-hybridized carbons (Fsp3) is 0.200. The Balaban J connectivity index is 1.72. The fourth-order valence-electron chi connectivity index (χ4n) is 2.43. The molecule has 0 spiro atoms. The molecular formula is C15H13ClFN3O2. The Kier molecular flexibility index (Phi) is 3.85. The molecule has 5 nitrogen and oxygen atoms in total. The lowest BCUT2D eigenvalue weighted by molar-refractivity contribution is -0.118. The van der Waals surface area contributed by atoms with Crippen molar-refractivity contribution >= 4 is 29.1 Å². The summed E-state index contributed by atoms with van der Waals surface area (Å²) < 4.78 is 13.2. The highest BCUT2D eigenvalue weighted by Gasteiger charge is 2.34. The van der Waals surface area contributed by atoms with Gasteiger partial charge in [0.2, 0.25) is 5.91 Å². The SMILES string of the molecule is O=C(N[C@H]1CCN(c2ccc(F)c(Cl)c2)C1=O)c1ccc[nH]1. The van der Waals surface area contributed by atoms with Crippen molar-refractivity contribution in [3.05, 3.63) is 53.1 Å². The average molecular weight is 322 g/mol. The van der Waals surface area contributed by atoms with Gasteiger partial charge in [0.05, 0.1) is 5.02 Å². The van der Waals surface area contributed by atoms with Gasteiger partial charge in [-0.2, -0.15) is 0 Å². The number of H-pyrrole nitrogens is 1. The molecule has 22 heavy (non-hydrogen) atoms. The molecule has 7 heteroatoms. The van der Waals surface area contributed by atoms with Gasteiger partial charge >= 0.3 is 0 Å². The van der Waals surface area contributed by atoms with Gasteiger partial charge in [0.15, 0.2) is 0 Å². The summed E-state index contributed by atoms with van der Waals surface area (Å²) in [5.74, 6) is -1.10. The van der Waals surface area contributed by atoms with Crippen LogP contribution in [0.3, 0.4) is 0 Å². The predicted molar refractivity (Wildman–Crippen MR) is 80.4 cm³/mol. The highest BCUT2D eigenvalue weighted by molar-refractivity contribution is 6.31. The molecule has 0 aliphatic carbocycles. The van der Waals surface area contributed by atoms with Gasteiger partial charge in [0.25, 0.3) is 5.91 Å². The quantitative estimate of drug-likeness (QED) is 0.911. The minimum absolute atomic E-state index is 0.0378. The summed E-state index contributed by atoms with van der Waals surface area (Å²) in [4.78, 5) is 28.6. The first kappa shape index (κ1) is 14.6. The van der Waals surface area contributed by atoms with Gasteiger partial charge in [-0.05, 0) is 36.8 Å². The first-order chi connectivity index (χ1) is 10.6. The molecule has 1 aliphatic rings. The second-order valence-corrected chi connectivity index (χ2v) is 5.39. The van der Waals surface area contributed by atoms with Crippen molar-refractivity contribution in [1.29, 1.82) is 0 Å². The number of halogens is 2. The number of aromatic amines is 1. The van der Waals surface area contributed by atoms with E-state index in [4.69, 9.17) is 11.6 Å². The molecule has 0 unspecified atom stereocenters. The van der Waals surface area contributed by atoms with Gasteiger partial charge in [-0.25, -0.2) is 4.39 Å². The van der Waals surface area contributed by atoms with Gasteiger partial charge in [0.1, 0.15) is 17.6 Å². The number of aromatic nitrogens is 1. The Labute approximate surface area is 131 Å². The van der Waals surface area contributed by atoms with E-state index < -0.39 is 11.9 Å². The standard InChI is InChI=1S/C15H13ClFN3O2/c16-10-8-9(3-4-11(10)17)20-7-5-13(15(20)22)19-14(21)12-2-1-6-18-12/h1-4,6,8,13,18H,5,7H2,(H,19,21)/t13-/m0/s1. The second kappa shape index (κ2) is 5.81. The number of hydrogen-bond acceptors (Lipinski definition) is 2. The van der Waals surface area contributed by atoms with Gasteiger partial charge in [-0.15, -0.1) is 0 Å². The van der Waals surface area contributed by atoms with Gasteiger partial charge in [0, 0.05) is 18.4 Å². The number of nitrogens with zero attached hydrogens (tertiary/aromatic N) is 1. The molecule has 1 aliphatic heterocycles. The van der Waals surface area contributed by atoms with E-state index in [1.54, 1.807) is 18.3 Å². The van der Waals surface area contributed by atoms with E-state index in [9.17, 15) is 14.0 Å². The zero-order chi connectivity index (χ0) is 15.7. The van der Waals surface area contributed by atoms with E-state index in [0.29, 0.717) is 24.3 Å². The molecule has 1 saturated heterocycles. The van der Waals surface area contributed by atoms with Crippen molar-refractivity contribution in [2.45, 2.75) is 12.5 Å². The maximum absolute atomic E-state index is 13.2. The third-order valence-electron chi connectivity index (χ3n) is 3.57. The van der Waals surface area contributed by atoms with Crippen molar-refractivity contribution in [3.8, 4) is 0 Å². The minimum Gasteiger partial charge on any atom is -0.357 e. The highest BCUT2D eigenvalue weighted by Crippen LogP contribution is 2.26. The summed E-state index contributed by atoms with van der Waals surface area (Å²) in [6.07, 6.45) is 2.12. The first-order valence-electron chi connectivity index (χ1n) is 6.77. The van der Waals surface area contributed by atoms with Gasteiger partial charge < -0.3 is 15.2 Å². The summed E-state index contributed by atoms with van der Waals surface area (Å²) in [6, 6.07) is 6.86. The number of nitrogens with one attached hydrogen (secondary N) is 2. The maximum atomic E-state index is 13.2. The number of carbonyl (C=O) groups excluding carboxylic acids is 2. The van der Waals surface area contributed by atoms with E-state index in [2.05, 4.69) is 10.3 Å². The van der Waals surface area contributed by atoms with Crippen LogP contribution in [0.4, 0.5) is 10.1 Å². The summed E-state index contributed by atoms with van der Waals surface area (Å²) in [6.45, 7) is 0.441. The van der Waals surface area contributed by atoms with E-state index in [-0.39, 0.29) is 16.8 Å². The molecule has 2 amide bonds. The molecule has 0 bridgehead atoms. The predicted octanol–water partition coefficient (Wildman–Crippen LogP) is 2.34. The van der Waals surface area contributed by atoms with E-state index in [1.807, 2.05) is 0 Å². The van der Waals surface area contributed by atoms with Crippen LogP contribution in [0.25, 0.3) is 0 Å². The van der Waals surface area contributed by atoms with Crippen LogP contribution in [-0.2, 0) is 4.79 Å². The van der Waals surface area contributed by atoms with Crippen LogP contribution in [0, 0.1) is 5.82 Å². The third kappa shape index (κ3) is 2.69. The second-order valence-electron chi connectivity index (χ2n) is 4.99. The van der Waals surface area contributed by atoms with Crippen molar-refractivity contribution in [2.75, 3.05) is 11.4 Å². The Hall–Kier alpha value is -2.34. The molecule has 114 valence electrons. The monoisotopic (exact) mass is 321 g/mol. The minimum atomic E-state index is -0.598. The highest BCUT2D eigenvalue weighted by atomic mass is 35.5. The Bertz CT molecular complexity index is 718. The molecule has 1 aromatic heterocycles. The van der Waals surface area contributed by atoms with Crippen molar-refractivity contribution in [1.82, 2.24) is 10.3 Å². The van der Waals surface area contributed by atoms with Crippen molar-refractivity contribution < 1.29 is 14.0 Å². The fourth-order valence-corrected chi connectivity index (χ4v) is 2.61. The Morgan fingerprint density at radius 3 is 2.91 bits per heavy atom. The number of hydrogen-bond donors (Lipinski definition) is 2. The largest absolute Gasteiger partial charge is 0.357 e. The number of anilines is 1. The molecule has 3 rings (SSSR count). The normalized spacial score (nSPS) is 17.8. The number of rotatable bonds is 3. The Morgan fingerprint density at radius 2 is 2.23 bits per heavy atom. The van der Waals surface area contributed by atoms with Crippen molar-refractivity contribution in [2.24, 2.45) is 0 Å². The zero-order valence-corrected chi connectivity index (χ0v) is 12.2. The molecule has 2 aromatic rings. The summed E-state index contributed by atoms with van der Waals surface area (Å²) in [5, 5.41) is 2.65. The van der Waals surface area contributed by atoms with Gasteiger partial charge in [-0.1, -0.05) is 11.6 Å². The van der Waals surface area contributed by atoms with Gasteiger partial charge in [-0.3, -0.25) is 9.59 Å². The van der Waals surface area contributed by atoms with Crippen LogP contribution in [0.5, 0.6) is 0 Å². The van der Waals surface area contributed by atoms with Crippen LogP contribution in [0.1, 0.15) is 16.9 Å². The molecule has 0 radical (unpaired) electrons. The third-order valence-corrected chi connectivity index (χ3v) is 3.86. The zero-order valence-electron chi connectivity index (χ0n) is 11.5. The molecule has 1 fully saturated rings.